The maximum Gasteiger partial charge on any atom is 0.332 e. The topological polar surface area (TPSA) is 109 Å². The molecule has 2 aliphatic heterocycles. The Morgan fingerprint density at radius 2 is 1.76 bits per heavy atom. The van der Waals surface area contributed by atoms with Crippen molar-refractivity contribution in [1.82, 2.24) is 30.1 Å². The predicted octanol–water partition coefficient (Wildman–Crippen LogP) is 3.12. The third kappa shape index (κ3) is 5.36. The van der Waals surface area contributed by atoms with E-state index in [1.165, 1.54) is 5.01 Å². The van der Waals surface area contributed by atoms with Gasteiger partial charge >= 0.3 is 6.03 Å². The molecule has 0 unspecified atom stereocenters. The number of rotatable bonds is 7. The van der Waals surface area contributed by atoms with Crippen LogP contribution in [-0.2, 0) is 29.1 Å². The number of nitrogens with zero attached hydrogens (tertiary/aromatic N) is 5. The zero-order valence-electron chi connectivity index (χ0n) is 23.3. The van der Waals surface area contributed by atoms with E-state index in [0.29, 0.717) is 13.1 Å². The van der Waals surface area contributed by atoms with Gasteiger partial charge in [-0.2, -0.15) is 5.01 Å². The average molecular weight is 565 g/mol. The Bertz CT molecular complexity index is 1610. The molecule has 2 N–H and O–H groups in total. The molecule has 10 nitrogen and oxygen atoms in total. The normalized spacial score (nSPS) is 18.8. The minimum Gasteiger partial charge on any atom is -0.508 e. The second kappa shape index (κ2) is 11.5. The number of carbonyl (C=O) groups is 3. The summed E-state index contributed by atoms with van der Waals surface area (Å²) in [7, 11) is 1.64. The van der Waals surface area contributed by atoms with E-state index in [0.717, 1.165) is 27.6 Å². The van der Waals surface area contributed by atoms with Crippen LogP contribution in [0.15, 0.2) is 91.1 Å². The second-order valence-corrected chi connectivity index (χ2v) is 10.6. The number of amides is 4. The summed E-state index contributed by atoms with van der Waals surface area (Å²) in [6.07, 6.45) is 1.50. The summed E-state index contributed by atoms with van der Waals surface area (Å²) in [6.45, 7) is 0.905. The largest absolute Gasteiger partial charge is 0.508 e. The highest BCUT2D eigenvalue weighted by Gasteiger charge is 2.51. The third-order valence-corrected chi connectivity index (χ3v) is 7.99. The Morgan fingerprint density at radius 1 is 0.976 bits per heavy atom. The van der Waals surface area contributed by atoms with Crippen LogP contribution in [-0.4, -0.2) is 80.1 Å². The van der Waals surface area contributed by atoms with Gasteiger partial charge in [-0.1, -0.05) is 60.7 Å². The SMILES string of the molecule is CN(C(=O)NCc1ccccc1)N1CC(=O)N2[C@@H](Cc3ccc(O)cc3)C(=O)N(Cc3cccc4ncccc34)C[C@@H]21. The van der Waals surface area contributed by atoms with Crippen LogP contribution in [0.25, 0.3) is 10.9 Å². The number of pyridine rings is 1. The Kier molecular flexibility index (Phi) is 7.45. The molecule has 4 aromatic rings. The second-order valence-electron chi connectivity index (χ2n) is 10.6. The molecule has 0 aliphatic carbocycles. The number of nitrogens with one attached hydrogen (secondary N) is 1. The number of aromatic hydroxyl groups is 1. The number of hydrazine groups is 1. The number of phenols is 1. The number of piperazine rings is 1. The Hall–Kier alpha value is -4.96. The number of hydrogen-bond acceptors (Lipinski definition) is 6. The van der Waals surface area contributed by atoms with Crippen molar-refractivity contribution >= 4 is 28.7 Å². The molecule has 0 radical (unpaired) electrons. The van der Waals surface area contributed by atoms with Gasteiger partial charge in [0.25, 0.3) is 0 Å². The molecule has 2 aliphatic rings. The van der Waals surface area contributed by atoms with Crippen LogP contribution in [0.5, 0.6) is 5.75 Å². The van der Waals surface area contributed by atoms with Crippen LogP contribution in [0.3, 0.4) is 0 Å². The van der Waals surface area contributed by atoms with E-state index in [1.54, 1.807) is 52.3 Å². The number of urea groups is 1. The lowest BCUT2D eigenvalue weighted by atomic mass is 9.99. The van der Waals surface area contributed by atoms with Crippen molar-refractivity contribution in [2.45, 2.75) is 31.7 Å². The maximum atomic E-state index is 14.1. The molecule has 214 valence electrons. The molecule has 1 aromatic heterocycles. The van der Waals surface area contributed by atoms with Crippen LogP contribution in [0.2, 0.25) is 0 Å². The van der Waals surface area contributed by atoms with E-state index in [-0.39, 0.29) is 43.1 Å². The molecule has 6 rings (SSSR count). The number of benzene rings is 3. The van der Waals surface area contributed by atoms with Crippen LogP contribution >= 0.6 is 0 Å². The molecule has 0 spiro atoms. The summed E-state index contributed by atoms with van der Waals surface area (Å²) in [4.78, 5) is 48.6. The number of phenolic OH excluding ortho intramolecular Hbond substituents is 1. The van der Waals surface area contributed by atoms with Crippen molar-refractivity contribution < 1.29 is 19.5 Å². The molecular formula is C32H32N6O4. The number of aromatic nitrogens is 1. The van der Waals surface area contributed by atoms with Gasteiger partial charge in [0.1, 0.15) is 18.0 Å². The van der Waals surface area contributed by atoms with Crippen LogP contribution in [0.1, 0.15) is 16.7 Å². The summed E-state index contributed by atoms with van der Waals surface area (Å²) in [5.41, 5.74) is 3.58. The third-order valence-electron chi connectivity index (χ3n) is 7.99. The minimum atomic E-state index is -0.764. The van der Waals surface area contributed by atoms with Gasteiger partial charge in [-0.25, -0.2) is 4.79 Å². The summed E-state index contributed by atoms with van der Waals surface area (Å²) < 4.78 is 0. The molecule has 3 heterocycles. The molecule has 3 aromatic carbocycles. The highest BCUT2D eigenvalue weighted by molar-refractivity contribution is 5.92. The fourth-order valence-corrected chi connectivity index (χ4v) is 5.82. The quantitative estimate of drug-likeness (QED) is 0.357. The van der Waals surface area contributed by atoms with Gasteiger partial charge in [-0.05, 0) is 41.0 Å². The molecule has 42 heavy (non-hydrogen) atoms. The average Bonchev–Trinajstić information content (AvgIpc) is 3.34. The van der Waals surface area contributed by atoms with Crippen LogP contribution in [0.4, 0.5) is 4.79 Å². The fraction of sp³-hybridized carbons (Fsp3) is 0.250. The van der Waals surface area contributed by atoms with Gasteiger partial charge in [0.15, 0.2) is 0 Å². The lowest BCUT2D eigenvalue weighted by Crippen LogP contribution is -2.65. The summed E-state index contributed by atoms with van der Waals surface area (Å²) in [5, 5.41) is 16.8. The molecule has 2 fully saturated rings. The first kappa shape index (κ1) is 27.2. The van der Waals surface area contributed by atoms with Crippen molar-refractivity contribution in [2.24, 2.45) is 0 Å². The van der Waals surface area contributed by atoms with Crippen molar-refractivity contribution in [3.63, 3.8) is 0 Å². The van der Waals surface area contributed by atoms with Gasteiger partial charge < -0.3 is 20.2 Å². The smallest absolute Gasteiger partial charge is 0.332 e. The highest BCUT2D eigenvalue weighted by atomic mass is 16.3. The first-order valence-electron chi connectivity index (χ1n) is 13.9. The van der Waals surface area contributed by atoms with Crippen molar-refractivity contribution in [1.29, 1.82) is 0 Å². The van der Waals surface area contributed by atoms with Gasteiger partial charge in [-0.15, -0.1) is 0 Å². The fourth-order valence-electron chi connectivity index (χ4n) is 5.82. The number of carbonyl (C=O) groups excluding carboxylic acids is 3. The van der Waals surface area contributed by atoms with Gasteiger partial charge in [0.05, 0.1) is 18.6 Å². The van der Waals surface area contributed by atoms with Gasteiger partial charge in [-0.3, -0.25) is 19.6 Å². The lowest BCUT2D eigenvalue weighted by Gasteiger charge is -2.45. The molecule has 4 amide bonds. The highest BCUT2D eigenvalue weighted by Crippen LogP contribution is 2.31. The first-order chi connectivity index (χ1) is 20.4. The molecule has 0 saturated carbocycles. The van der Waals surface area contributed by atoms with E-state index < -0.39 is 12.2 Å². The standard InChI is InChI=1S/C32H32N6O4/c1-35(32(42)34-18-23-7-3-2-4-8-23)37-21-30(40)38-28(17-22-12-14-25(39)15-13-22)31(41)36(20-29(37)38)19-24-9-5-11-27-26(24)10-6-16-33-27/h2-16,28-29,39H,17-21H2,1H3,(H,34,42)/t28-,29+/m0/s1. The molecular weight excluding hydrogens is 532 g/mol. The minimum absolute atomic E-state index is 0.0225. The van der Waals surface area contributed by atoms with E-state index in [2.05, 4.69) is 10.3 Å². The number of fused-ring (bicyclic) bond motifs is 2. The zero-order valence-corrected chi connectivity index (χ0v) is 23.3. The van der Waals surface area contributed by atoms with Gasteiger partial charge in [0, 0.05) is 38.1 Å². The monoisotopic (exact) mass is 564 g/mol. The van der Waals surface area contributed by atoms with Crippen LogP contribution < -0.4 is 5.32 Å². The molecule has 10 heteroatoms. The predicted molar refractivity (Wildman–Crippen MR) is 157 cm³/mol. The van der Waals surface area contributed by atoms with Crippen molar-refractivity contribution in [2.75, 3.05) is 20.1 Å². The van der Waals surface area contributed by atoms with Gasteiger partial charge in [0.2, 0.25) is 11.8 Å². The first-order valence-corrected chi connectivity index (χ1v) is 13.9. The Labute approximate surface area is 243 Å². The van der Waals surface area contributed by atoms with Crippen molar-refractivity contribution in [3.05, 3.63) is 108 Å². The van der Waals surface area contributed by atoms with E-state index in [9.17, 15) is 19.5 Å². The maximum absolute atomic E-state index is 14.1. The Balaban J connectivity index is 1.28. The molecule has 0 bridgehead atoms. The van der Waals surface area contributed by atoms with E-state index in [1.807, 2.05) is 60.7 Å². The number of hydrogen-bond donors (Lipinski definition) is 2. The van der Waals surface area contributed by atoms with Crippen LogP contribution in [0, 0.1) is 0 Å². The van der Waals surface area contributed by atoms with Crippen molar-refractivity contribution in [3.8, 4) is 5.75 Å². The summed E-state index contributed by atoms with van der Waals surface area (Å²) in [6, 6.07) is 24.9. The lowest BCUT2D eigenvalue weighted by molar-refractivity contribution is -0.157. The molecule has 2 saturated heterocycles. The Morgan fingerprint density at radius 3 is 2.55 bits per heavy atom. The van der Waals surface area contributed by atoms with E-state index >= 15 is 0 Å². The summed E-state index contributed by atoms with van der Waals surface area (Å²) in [5.74, 6) is -0.246. The summed E-state index contributed by atoms with van der Waals surface area (Å²) >= 11 is 0. The zero-order chi connectivity index (χ0) is 29.2. The van der Waals surface area contributed by atoms with E-state index in [4.69, 9.17) is 0 Å². The molecule has 2 atom stereocenters.